The highest BCUT2D eigenvalue weighted by atomic mass is 16.7. The van der Waals surface area contributed by atoms with Crippen LogP contribution >= 0.6 is 0 Å². The molecule has 6 atom stereocenters. The van der Waals surface area contributed by atoms with Gasteiger partial charge < -0.3 is 40.0 Å². The van der Waals surface area contributed by atoms with Gasteiger partial charge in [0.05, 0.1) is 13.2 Å². The van der Waals surface area contributed by atoms with Gasteiger partial charge in [-0.3, -0.25) is 4.90 Å². The molecule has 2 unspecified atom stereocenters. The van der Waals surface area contributed by atoms with Crippen LogP contribution in [0.3, 0.4) is 0 Å². The van der Waals surface area contributed by atoms with E-state index in [9.17, 15) is 25.2 Å². The van der Waals surface area contributed by atoms with Crippen molar-refractivity contribution in [3.8, 4) is 0 Å². The van der Waals surface area contributed by atoms with Crippen molar-refractivity contribution in [3.05, 3.63) is 0 Å². The average molecular weight is 577 g/mol. The van der Waals surface area contributed by atoms with Crippen LogP contribution in [0.15, 0.2) is 0 Å². The Kier molecular flexibility index (Phi) is 21.8. The number of carbonyl (C=O) groups is 1. The van der Waals surface area contributed by atoms with Gasteiger partial charge in [0.25, 0.3) is 0 Å². The highest BCUT2D eigenvalue weighted by Crippen LogP contribution is 2.24. The minimum absolute atomic E-state index is 0.0933. The number of nitrogens with one attached hydrogen (secondary N) is 1. The Hall–Kier alpha value is -1.01. The van der Waals surface area contributed by atoms with Crippen LogP contribution in [0.1, 0.15) is 117 Å². The quantitative estimate of drug-likeness (QED) is 0.0856. The molecule has 1 heterocycles. The van der Waals surface area contributed by atoms with Crippen LogP contribution in [0, 0.1) is 0 Å². The summed E-state index contributed by atoms with van der Waals surface area (Å²) in [6.45, 7) is 4.34. The largest absolute Gasteiger partial charge is 0.394 e. The first-order chi connectivity index (χ1) is 19.4. The number of carbonyl (C=O) groups excluding carboxylic acids is 1. The summed E-state index contributed by atoms with van der Waals surface area (Å²) in [5, 5.41) is 43.3. The van der Waals surface area contributed by atoms with E-state index in [1.807, 2.05) is 6.92 Å². The summed E-state index contributed by atoms with van der Waals surface area (Å²) in [6.07, 6.45) is 12.4. The molecule has 40 heavy (non-hydrogen) atoms. The number of amides is 2. The Balaban J connectivity index is 2.39. The Morgan fingerprint density at radius 2 is 1.30 bits per heavy atom. The second-order valence-electron chi connectivity index (χ2n) is 11.0. The maximum atomic E-state index is 13.1. The molecule has 0 radical (unpaired) electrons. The van der Waals surface area contributed by atoms with Crippen molar-refractivity contribution < 1.29 is 39.4 Å². The molecule has 1 fully saturated rings. The molecule has 1 rings (SSSR count). The molecule has 1 aliphatic heterocycles. The van der Waals surface area contributed by atoms with Crippen molar-refractivity contribution in [2.75, 3.05) is 33.4 Å². The van der Waals surface area contributed by atoms with Gasteiger partial charge in [0, 0.05) is 20.3 Å². The first-order valence-corrected chi connectivity index (χ1v) is 15.9. The first kappa shape index (κ1) is 37.0. The number of ether oxygens (including phenoxy) is 3. The number of hydrogen-bond donors (Lipinski definition) is 5. The van der Waals surface area contributed by atoms with Crippen LogP contribution in [0.2, 0.25) is 0 Å². The van der Waals surface area contributed by atoms with E-state index in [1.54, 1.807) is 0 Å². The third-order valence-electron chi connectivity index (χ3n) is 7.72. The van der Waals surface area contributed by atoms with Crippen molar-refractivity contribution in [1.29, 1.82) is 0 Å². The Morgan fingerprint density at radius 1 is 0.800 bits per heavy atom. The molecule has 0 bridgehead atoms. The zero-order chi connectivity index (χ0) is 29.6. The van der Waals surface area contributed by atoms with Gasteiger partial charge in [0.2, 0.25) is 0 Å². The normalized spacial score (nSPS) is 23.7. The molecular formula is C30H60N2O8. The van der Waals surface area contributed by atoms with E-state index in [-0.39, 0.29) is 6.54 Å². The van der Waals surface area contributed by atoms with Gasteiger partial charge in [-0.15, -0.1) is 0 Å². The average Bonchev–Trinajstić information content (AvgIpc) is 2.96. The minimum atomic E-state index is -1.55. The van der Waals surface area contributed by atoms with Crippen LogP contribution in [-0.2, 0) is 14.2 Å². The van der Waals surface area contributed by atoms with E-state index in [2.05, 4.69) is 12.2 Å². The molecule has 0 aromatic rings. The van der Waals surface area contributed by atoms with Gasteiger partial charge in [-0.25, -0.2) is 4.79 Å². The van der Waals surface area contributed by atoms with Crippen LogP contribution in [0.25, 0.3) is 0 Å². The number of hydrogen-bond acceptors (Lipinski definition) is 8. The number of aliphatic hydroxyl groups is 4. The fraction of sp³-hybridized carbons (Fsp3) is 0.967. The van der Waals surface area contributed by atoms with Crippen molar-refractivity contribution in [2.45, 2.75) is 154 Å². The van der Waals surface area contributed by atoms with Gasteiger partial charge >= 0.3 is 6.03 Å². The van der Waals surface area contributed by atoms with E-state index < -0.39 is 49.6 Å². The van der Waals surface area contributed by atoms with Crippen LogP contribution < -0.4 is 5.32 Å². The molecule has 0 saturated carbocycles. The number of nitrogens with zero attached hydrogens (tertiary/aromatic N) is 1. The lowest BCUT2D eigenvalue weighted by Gasteiger charge is -2.44. The second kappa shape index (κ2) is 23.5. The zero-order valence-corrected chi connectivity index (χ0v) is 25.5. The first-order valence-electron chi connectivity index (χ1n) is 15.9. The summed E-state index contributed by atoms with van der Waals surface area (Å²) in [7, 11) is 1.48. The number of rotatable bonds is 24. The highest BCUT2D eigenvalue weighted by Gasteiger charge is 2.46. The van der Waals surface area contributed by atoms with Crippen molar-refractivity contribution >= 4 is 6.03 Å². The lowest BCUT2D eigenvalue weighted by Crippen LogP contribution is -2.65. The van der Waals surface area contributed by atoms with E-state index in [0.29, 0.717) is 19.6 Å². The molecule has 0 spiro atoms. The summed E-state index contributed by atoms with van der Waals surface area (Å²) in [5.41, 5.74) is 0. The summed E-state index contributed by atoms with van der Waals surface area (Å²) >= 11 is 0. The molecule has 10 heteroatoms. The van der Waals surface area contributed by atoms with E-state index in [0.717, 1.165) is 19.3 Å². The molecule has 10 nitrogen and oxygen atoms in total. The minimum Gasteiger partial charge on any atom is -0.394 e. The lowest BCUT2D eigenvalue weighted by atomic mass is 9.97. The fourth-order valence-electron chi connectivity index (χ4n) is 5.18. The van der Waals surface area contributed by atoms with Gasteiger partial charge in [0.1, 0.15) is 24.4 Å². The van der Waals surface area contributed by atoms with Gasteiger partial charge in [-0.1, -0.05) is 103 Å². The SMILES string of the molecule is CCCCCCCCCCCCCCCCCCN(C(=O)NCC(OC)OCC)C1O[C@H](CO)[C@@H](O)[C@H](O)[C@H]1O. The molecule has 5 N–H and O–H groups in total. The molecule has 238 valence electrons. The maximum absolute atomic E-state index is 13.1. The Bertz CT molecular complexity index is 612. The van der Waals surface area contributed by atoms with Gasteiger partial charge in [-0.05, 0) is 13.3 Å². The van der Waals surface area contributed by atoms with Crippen molar-refractivity contribution in [3.63, 3.8) is 0 Å². The third kappa shape index (κ3) is 14.8. The maximum Gasteiger partial charge on any atom is 0.319 e. The Labute approximate surface area is 242 Å². The summed E-state index contributed by atoms with van der Waals surface area (Å²) in [6, 6.07) is -0.507. The number of methoxy groups -OCH3 is 1. The predicted octanol–water partition coefficient (Wildman–Crippen LogP) is 4.07. The van der Waals surface area contributed by atoms with E-state index in [4.69, 9.17) is 14.2 Å². The summed E-state index contributed by atoms with van der Waals surface area (Å²) < 4.78 is 16.3. The molecule has 1 saturated heterocycles. The number of unbranched alkanes of at least 4 members (excludes halogenated alkanes) is 15. The summed E-state index contributed by atoms with van der Waals surface area (Å²) in [5.74, 6) is 0. The van der Waals surface area contributed by atoms with E-state index in [1.165, 1.54) is 89.1 Å². The van der Waals surface area contributed by atoms with Gasteiger partial charge in [-0.2, -0.15) is 0 Å². The molecule has 0 aliphatic carbocycles. The standard InChI is InChI=1S/C30H60N2O8/c1-4-6-7-8-9-10-11-12-13-14-15-16-17-18-19-20-21-32(30(37)31-22-25(38-3)39-5-2)29-28(36)27(35)26(34)24(23-33)40-29/h24-29,33-36H,4-23H2,1-3H3,(H,31,37)/t24-,25?,26-,27+,28-,29?/m1/s1. The Morgan fingerprint density at radius 3 is 1.75 bits per heavy atom. The van der Waals surface area contributed by atoms with Crippen LogP contribution in [0.4, 0.5) is 4.79 Å². The predicted molar refractivity (Wildman–Crippen MR) is 156 cm³/mol. The molecule has 1 aliphatic rings. The molecule has 0 aromatic heterocycles. The van der Waals surface area contributed by atoms with E-state index >= 15 is 0 Å². The number of aliphatic hydroxyl groups excluding tert-OH is 4. The van der Waals surface area contributed by atoms with Crippen LogP contribution in [-0.4, -0.2) is 102 Å². The lowest BCUT2D eigenvalue weighted by molar-refractivity contribution is -0.257. The fourth-order valence-corrected chi connectivity index (χ4v) is 5.18. The van der Waals surface area contributed by atoms with Crippen molar-refractivity contribution in [2.24, 2.45) is 0 Å². The molecule has 0 aromatic carbocycles. The second-order valence-corrected chi connectivity index (χ2v) is 11.0. The third-order valence-corrected chi connectivity index (χ3v) is 7.72. The monoisotopic (exact) mass is 576 g/mol. The topological polar surface area (TPSA) is 141 Å². The zero-order valence-electron chi connectivity index (χ0n) is 25.5. The molecular weight excluding hydrogens is 516 g/mol. The number of urea groups is 1. The smallest absolute Gasteiger partial charge is 0.319 e. The summed E-state index contributed by atoms with van der Waals surface area (Å²) in [4.78, 5) is 14.4. The highest BCUT2D eigenvalue weighted by molar-refractivity contribution is 5.74. The van der Waals surface area contributed by atoms with Gasteiger partial charge in [0.15, 0.2) is 12.5 Å². The van der Waals surface area contributed by atoms with Crippen molar-refractivity contribution in [1.82, 2.24) is 10.2 Å². The molecule has 2 amide bonds. The van der Waals surface area contributed by atoms with Crippen LogP contribution in [0.5, 0.6) is 0 Å².